The summed E-state index contributed by atoms with van der Waals surface area (Å²) < 4.78 is 34.4. The number of rotatable bonds is 4. The van der Waals surface area contributed by atoms with E-state index in [1.807, 2.05) is 0 Å². The number of carbonyl (C=O) groups is 2. The number of ether oxygens (including phenoxy) is 2. The van der Waals surface area contributed by atoms with Crippen molar-refractivity contribution in [2.24, 2.45) is 0 Å². The van der Waals surface area contributed by atoms with Crippen molar-refractivity contribution in [3.8, 4) is 0 Å². The molecule has 7 nitrogen and oxygen atoms in total. The van der Waals surface area contributed by atoms with E-state index in [1.165, 1.54) is 12.1 Å². The van der Waals surface area contributed by atoms with Crippen molar-refractivity contribution < 1.29 is 27.5 Å². The van der Waals surface area contributed by atoms with E-state index in [2.05, 4.69) is 0 Å². The first-order valence-corrected chi connectivity index (χ1v) is 11.1. The number of hydrogen-bond acceptors (Lipinski definition) is 6. The van der Waals surface area contributed by atoms with E-state index >= 15 is 0 Å². The zero-order valence-corrected chi connectivity index (χ0v) is 16.5. The number of carbonyl (C=O) groups excluding carboxylic acids is 2. The van der Waals surface area contributed by atoms with Crippen molar-refractivity contribution >= 4 is 21.7 Å². The van der Waals surface area contributed by atoms with Crippen LogP contribution >= 0.6 is 0 Å². The molecule has 0 bridgehead atoms. The highest BCUT2D eigenvalue weighted by Gasteiger charge is 2.36. The first-order valence-electron chi connectivity index (χ1n) is 9.16. The fraction of sp³-hybridized carbons (Fsp3) is 0.579. The maximum atomic E-state index is 12.6. The number of nitrogens with zero attached hydrogens (tertiary/aromatic N) is 1. The Labute approximate surface area is 159 Å². The summed E-state index contributed by atoms with van der Waals surface area (Å²) >= 11 is 0. The summed E-state index contributed by atoms with van der Waals surface area (Å²) in [5.41, 5.74) is 0.752. The second kappa shape index (κ2) is 7.98. The van der Waals surface area contributed by atoms with Gasteiger partial charge in [-0.15, -0.1) is 0 Å². The summed E-state index contributed by atoms with van der Waals surface area (Å²) in [5, 5.41) is 0. The molecule has 1 aliphatic carbocycles. The lowest BCUT2D eigenvalue weighted by atomic mass is 9.90. The lowest BCUT2D eigenvalue weighted by molar-refractivity contribution is -0.152. The fourth-order valence-corrected chi connectivity index (χ4v) is 4.39. The first kappa shape index (κ1) is 19.8. The third-order valence-corrected chi connectivity index (χ3v) is 6.35. The molecule has 0 radical (unpaired) electrons. The Hall–Kier alpha value is -1.93. The van der Waals surface area contributed by atoms with Crippen LogP contribution in [0.2, 0.25) is 0 Å². The summed E-state index contributed by atoms with van der Waals surface area (Å²) in [4.78, 5) is 26.8. The zero-order chi connectivity index (χ0) is 19.6. The number of aryl methyl sites for hydroxylation is 1. The Kier molecular flexibility index (Phi) is 5.86. The van der Waals surface area contributed by atoms with Crippen LogP contribution in [0.25, 0.3) is 0 Å². The monoisotopic (exact) mass is 395 g/mol. The van der Waals surface area contributed by atoms with E-state index in [-0.39, 0.29) is 35.1 Å². The van der Waals surface area contributed by atoms with Gasteiger partial charge < -0.3 is 14.4 Å². The molecule has 1 aromatic rings. The lowest BCUT2D eigenvalue weighted by Crippen LogP contribution is -2.55. The van der Waals surface area contributed by atoms with E-state index in [0.29, 0.717) is 18.7 Å². The van der Waals surface area contributed by atoms with Crippen LogP contribution in [-0.4, -0.2) is 63.4 Å². The van der Waals surface area contributed by atoms with Crippen molar-refractivity contribution in [1.82, 2.24) is 4.90 Å². The average Bonchev–Trinajstić information content (AvgIpc) is 2.64. The van der Waals surface area contributed by atoms with Crippen molar-refractivity contribution in [3.05, 3.63) is 29.3 Å². The molecule has 148 valence electrons. The molecule has 0 N–H and O–H groups in total. The molecule has 8 heteroatoms. The van der Waals surface area contributed by atoms with E-state index in [0.717, 1.165) is 31.9 Å². The molecule has 0 spiro atoms. The van der Waals surface area contributed by atoms with Gasteiger partial charge in [-0.3, -0.25) is 4.79 Å². The van der Waals surface area contributed by atoms with Crippen LogP contribution in [0.1, 0.15) is 41.6 Å². The molecule has 1 saturated heterocycles. The number of hydrogen-bond donors (Lipinski definition) is 0. The Morgan fingerprint density at radius 1 is 1.26 bits per heavy atom. The Morgan fingerprint density at radius 3 is 2.74 bits per heavy atom. The summed E-state index contributed by atoms with van der Waals surface area (Å²) in [6, 6.07) is 4.35. The van der Waals surface area contributed by atoms with Crippen LogP contribution in [-0.2, 0) is 24.1 Å². The predicted molar refractivity (Wildman–Crippen MR) is 98.3 cm³/mol. The SMILES string of the molecule is Cc1ccc(S(C)(=O)=O)cc1C(=O)OCC(=O)N1CCOC2CCCCC21. The Bertz CT molecular complexity index is 833. The topological polar surface area (TPSA) is 90.0 Å². The maximum absolute atomic E-state index is 12.6. The van der Waals surface area contributed by atoms with Gasteiger partial charge in [-0.1, -0.05) is 18.9 Å². The normalized spacial score (nSPS) is 22.8. The van der Waals surface area contributed by atoms with Crippen molar-refractivity contribution in [3.63, 3.8) is 0 Å². The molecule has 3 rings (SSSR count). The van der Waals surface area contributed by atoms with Gasteiger partial charge in [-0.2, -0.15) is 0 Å². The van der Waals surface area contributed by atoms with Crippen LogP contribution < -0.4 is 0 Å². The van der Waals surface area contributed by atoms with Crippen molar-refractivity contribution in [2.75, 3.05) is 26.0 Å². The molecule has 1 aromatic carbocycles. The van der Waals surface area contributed by atoms with Gasteiger partial charge in [0.15, 0.2) is 16.4 Å². The van der Waals surface area contributed by atoms with E-state index < -0.39 is 15.8 Å². The van der Waals surface area contributed by atoms with Crippen LogP contribution in [0.5, 0.6) is 0 Å². The number of fused-ring (bicyclic) bond motifs is 1. The molecule has 1 amide bonds. The summed E-state index contributed by atoms with van der Waals surface area (Å²) in [7, 11) is -3.43. The third kappa shape index (κ3) is 4.50. The van der Waals surface area contributed by atoms with Gasteiger partial charge in [0.05, 0.1) is 29.2 Å². The fourth-order valence-electron chi connectivity index (χ4n) is 3.75. The van der Waals surface area contributed by atoms with Gasteiger partial charge in [0.25, 0.3) is 5.91 Å². The quantitative estimate of drug-likeness (QED) is 0.721. The minimum Gasteiger partial charge on any atom is -0.452 e. The molecule has 1 aliphatic heterocycles. The second-order valence-corrected chi connectivity index (χ2v) is 9.19. The number of morpholine rings is 1. The average molecular weight is 395 g/mol. The molecule has 27 heavy (non-hydrogen) atoms. The molecule has 0 aromatic heterocycles. The van der Waals surface area contributed by atoms with Crippen LogP contribution in [0.3, 0.4) is 0 Å². The van der Waals surface area contributed by atoms with Gasteiger partial charge in [0.1, 0.15) is 0 Å². The Morgan fingerprint density at radius 2 is 2.00 bits per heavy atom. The maximum Gasteiger partial charge on any atom is 0.338 e. The number of benzene rings is 1. The highest BCUT2D eigenvalue weighted by molar-refractivity contribution is 7.90. The van der Waals surface area contributed by atoms with Gasteiger partial charge >= 0.3 is 5.97 Å². The largest absolute Gasteiger partial charge is 0.452 e. The first-order chi connectivity index (χ1) is 12.8. The van der Waals surface area contributed by atoms with E-state index in [9.17, 15) is 18.0 Å². The van der Waals surface area contributed by atoms with Crippen molar-refractivity contribution in [1.29, 1.82) is 0 Å². The molecule has 2 aliphatic rings. The van der Waals surface area contributed by atoms with E-state index in [1.54, 1.807) is 17.9 Å². The van der Waals surface area contributed by atoms with Crippen LogP contribution in [0.4, 0.5) is 0 Å². The van der Waals surface area contributed by atoms with Crippen LogP contribution in [0, 0.1) is 6.92 Å². The van der Waals surface area contributed by atoms with Gasteiger partial charge in [0.2, 0.25) is 0 Å². The van der Waals surface area contributed by atoms with E-state index in [4.69, 9.17) is 9.47 Å². The minimum atomic E-state index is -3.43. The molecular formula is C19H25NO6S. The summed E-state index contributed by atoms with van der Waals surface area (Å²) in [6.07, 6.45) is 5.17. The molecule has 1 heterocycles. The third-order valence-electron chi connectivity index (χ3n) is 5.24. The zero-order valence-electron chi connectivity index (χ0n) is 15.6. The summed E-state index contributed by atoms with van der Waals surface area (Å²) in [5.74, 6) is -0.930. The standard InChI is InChI=1S/C19H25NO6S/c1-13-7-8-14(27(2,23)24)11-15(13)19(22)26-12-18(21)20-9-10-25-17-6-4-3-5-16(17)20/h7-8,11,16-17H,3-6,9-10,12H2,1-2H3. The summed E-state index contributed by atoms with van der Waals surface area (Å²) in [6.45, 7) is 2.33. The molecule has 2 fully saturated rings. The highest BCUT2D eigenvalue weighted by atomic mass is 32.2. The number of sulfone groups is 1. The van der Waals surface area contributed by atoms with Gasteiger partial charge in [0, 0.05) is 12.8 Å². The molecular weight excluding hydrogens is 370 g/mol. The predicted octanol–water partition coefficient (Wildman–Crippen LogP) is 1.73. The van der Waals surface area contributed by atoms with Crippen LogP contribution in [0.15, 0.2) is 23.1 Å². The van der Waals surface area contributed by atoms with Crippen molar-refractivity contribution in [2.45, 2.75) is 49.6 Å². The number of esters is 1. The Balaban J connectivity index is 1.66. The highest BCUT2D eigenvalue weighted by Crippen LogP contribution is 2.28. The number of amides is 1. The van der Waals surface area contributed by atoms with Gasteiger partial charge in [-0.25, -0.2) is 13.2 Å². The smallest absolute Gasteiger partial charge is 0.338 e. The molecule has 1 saturated carbocycles. The minimum absolute atomic E-state index is 0.0459. The van der Waals surface area contributed by atoms with Gasteiger partial charge in [-0.05, 0) is 37.5 Å². The lowest BCUT2D eigenvalue weighted by Gasteiger charge is -2.43. The second-order valence-electron chi connectivity index (χ2n) is 7.17. The molecule has 2 unspecified atom stereocenters. The molecule has 2 atom stereocenters.